The van der Waals surface area contributed by atoms with Crippen LogP contribution < -0.4 is 4.74 Å². The van der Waals surface area contributed by atoms with Crippen LogP contribution in [-0.2, 0) is 6.54 Å². The van der Waals surface area contributed by atoms with Gasteiger partial charge in [0.05, 0.1) is 19.8 Å². The van der Waals surface area contributed by atoms with Crippen molar-refractivity contribution >= 4 is 0 Å². The first-order valence-corrected chi connectivity index (χ1v) is 6.62. The van der Waals surface area contributed by atoms with Crippen LogP contribution in [0.25, 0.3) is 11.4 Å². The van der Waals surface area contributed by atoms with Crippen LogP contribution in [0.15, 0.2) is 28.8 Å². The molecule has 1 saturated heterocycles. The van der Waals surface area contributed by atoms with Crippen molar-refractivity contribution in [2.24, 2.45) is 0 Å². The third kappa shape index (κ3) is 2.81. The van der Waals surface area contributed by atoms with E-state index < -0.39 is 0 Å². The molecule has 0 amide bonds. The summed E-state index contributed by atoms with van der Waals surface area (Å²) in [5.41, 5.74) is 0.891. The molecule has 6 nitrogen and oxygen atoms in total. The molecule has 1 fully saturated rings. The molecule has 106 valence electrons. The van der Waals surface area contributed by atoms with Crippen molar-refractivity contribution in [2.45, 2.75) is 19.1 Å². The molecule has 0 saturated carbocycles. The summed E-state index contributed by atoms with van der Waals surface area (Å²) >= 11 is 0. The maximum Gasteiger partial charge on any atom is 0.241 e. The zero-order valence-corrected chi connectivity index (χ0v) is 11.3. The first-order chi connectivity index (χ1) is 9.74. The van der Waals surface area contributed by atoms with Crippen molar-refractivity contribution in [1.82, 2.24) is 15.0 Å². The van der Waals surface area contributed by atoms with Crippen molar-refractivity contribution in [1.29, 1.82) is 0 Å². The van der Waals surface area contributed by atoms with Gasteiger partial charge in [-0.2, -0.15) is 4.98 Å². The average Bonchev–Trinajstić information content (AvgIpc) is 3.09. The molecule has 1 aromatic carbocycles. The van der Waals surface area contributed by atoms with E-state index >= 15 is 0 Å². The zero-order chi connectivity index (χ0) is 13.9. The van der Waals surface area contributed by atoms with Gasteiger partial charge in [-0.25, -0.2) is 0 Å². The van der Waals surface area contributed by atoms with Crippen LogP contribution >= 0.6 is 0 Å². The van der Waals surface area contributed by atoms with E-state index in [4.69, 9.17) is 9.26 Å². The van der Waals surface area contributed by atoms with E-state index in [2.05, 4.69) is 15.0 Å². The molecule has 0 bridgehead atoms. The number of likely N-dealkylation sites (tertiary alicyclic amines) is 1. The van der Waals surface area contributed by atoms with Crippen molar-refractivity contribution < 1.29 is 14.4 Å². The minimum absolute atomic E-state index is 0.237. The molecular formula is C14H17N3O3. The predicted molar refractivity (Wildman–Crippen MR) is 72.2 cm³/mol. The molecule has 1 atom stereocenters. The fourth-order valence-electron chi connectivity index (χ4n) is 2.32. The number of aliphatic hydroxyl groups is 1. The van der Waals surface area contributed by atoms with E-state index in [1.165, 1.54) is 0 Å². The smallest absolute Gasteiger partial charge is 0.241 e. The van der Waals surface area contributed by atoms with Gasteiger partial charge in [-0.05, 0) is 30.7 Å². The largest absolute Gasteiger partial charge is 0.497 e. The van der Waals surface area contributed by atoms with Gasteiger partial charge in [0, 0.05) is 18.7 Å². The van der Waals surface area contributed by atoms with Gasteiger partial charge in [0.25, 0.3) is 0 Å². The lowest BCUT2D eigenvalue weighted by Crippen LogP contribution is -2.21. The van der Waals surface area contributed by atoms with Crippen LogP contribution in [0.4, 0.5) is 0 Å². The van der Waals surface area contributed by atoms with Crippen LogP contribution in [0.1, 0.15) is 12.3 Å². The summed E-state index contributed by atoms with van der Waals surface area (Å²) in [5, 5.41) is 13.5. The van der Waals surface area contributed by atoms with Gasteiger partial charge in [0.15, 0.2) is 0 Å². The lowest BCUT2D eigenvalue weighted by atomic mass is 10.2. The normalized spacial score (nSPS) is 19.4. The average molecular weight is 275 g/mol. The molecule has 1 aliphatic heterocycles. The van der Waals surface area contributed by atoms with Gasteiger partial charge in [-0.1, -0.05) is 5.16 Å². The fraction of sp³-hybridized carbons (Fsp3) is 0.429. The molecule has 1 aliphatic rings. The number of benzene rings is 1. The van der Waals surface area contributed by atoms with E-state index in [0.717, 1.165) is 24.3 Å². The van der Waals surface area contributed by atoms with E-state index in [1.54, 1.807) is 7.11 Å². The van der Waals surface area contributed by atoms with Gasteiger partial charge in [0.2, 0.25) is 11.7 Å². The Kier molecular flexibility index (Phi) is 3.66. The molecule has 1 aromatic heterocycles. The van der Waals surface area contributed by atoms with Gasteiger partial charge in [0.1, 0.15) is 5.75 Å². The van der Waals surface area contributed by atoms with E-state index in [1.807, 2.05) is 24.3 Å². The van der Waals surface area contributed by atoms with Crippen LogP contribution in [0.3, 0.4) is 0 Å². The second-order valence-corrected chi connectivity index (χ2v) is 4.92. The Morgan fingerprint density at radius 1 is 1.40 bits per heavy atom. The highest BCUT2D eigenvalue weighted by molar-refractivity contribution is 5.55. The third-order valence-corrected chi connectivity index (χ3v) is 3.42. The summed E-state index contributed by atoms with van der Waals surface area (Å²) in [4.78, 5) is 6.49. The fourth-order valence-corrected chi connectivity index (χ4v) is 2.32. The minimum atomic E-state index is -0.237. The molecule has 6 heteroatoms. The van der Waals surface area contributed by atoms with Crippen LogP contribution in [0.5, 0.6) is 5.75 Å². The zero-order valence-electron chi connectivity index (χ0n) is 11.3. The van der Waals surface area contributed by atoms with E-state index in [9.17, 15) is 5.11 Å². The Morgan fingerprint density at radius 2 is 2.20 bits per heavy atom. The first kappa shape index (κ1) is 13.1. The number of rotatable bonds is 4. The Balaban J connectivity index is 1.69. The molecule has 0 aliphatic carbocycles. The van der Waals surface area contributed by atoms with Crippen LogP contribution in [-0.4, -0.2) is 46.5 Å². The number of hydrogen-bond donors (Lipinski definition) is 1. The first-order valence-electron chi connectivity index (χ1n) is 6.62. The quantitative estimate of drug-likeness (QED) is 0.907. The Morgan fingerprint density at radius 3 is 2.85 bits per heavy atom. The monoisotopic (exact) mass is 275 g/mol. The van der Waals surface area contributed by atoms with E-state index in [0.29, 0.717) is 24.8 Å². The molecule has 2 aromatic rings. The second kappa shape index (κ2) is 5.60. The molecule has 0 unspecified atom stereocenters. The summed E-state index contributed by atoms with van der Waals surface area (Å²) in [5.74, 6) is 1.94. The molecule has 0 spiro atoms. The van der Waals surface area contributed by atoms with Crippen molar-refractivity contribution in [3.05, 3.63) is 30.2 Å². The number of hydrogen-bond acceptors (Lipinski definition) is 6. The number of nitrogens with zero attached hydrogens (tertiary/aromatic N) is 3. The van der Waals surface area contributed by atoms with Gasteiger partial charge >= 0.3 is 0 Å². The Hall–Kier alpha value is -1.92. The Bertz CT molecular complexity index is 567. The topological polar surface area (TPSA) is 71.6 Å². The van der Waals surface area contributed by atoms with Crippen molar-refractivity contribution in [3.8, 4) is 17.1 Å². The maximum atomic E-state index is 9.49. The minimum Gasteiger partial charge on any atom is -0.497 e. The summed E-state index contributed by atoms with van der Waals surface area (Å²) in [6, 6.07) is 7.52. The SMILES string of the molecule is COc1ccc(-c2noc(CN3CC[C@H](O)C3)n2)cc1. The summed E-state index contributed by atoms with van der Waals surface area (Å²) in [6.45, 7) is 2.11. The molecule has 1 N–H and O–H groups in total. The lowest BCUT2D eigenvalue weighted by Gasteiger charge is -2.10. The number of aliphatic hydroxyl groups excluding tert-OH is 1. The molecule has 0 radical (unpaired) electrons. The number of methoxy groups -OCH3 is 1. The predicted octanol–water partition coefficient (Wildman–Crippen LogP) is 1.31. The second-order valence-electron chi connectivity index (χ2n) is 4.92. The number of aromatic nitrogens is 2. The maximum absolute atomic E-state index is 9.49. The molecule has 20 heavy (non-hydrogen) atoms. The van der Waals surface area contributed by atoms with Crippen LogP contribution in [0.2, 0.25) is 0 Å². The summed E-state index contributed by atoms with van der Waals surface area (Å²) in [7, 11) is 1.63. The van der Waals surface area contributed by atoms with E-state index in [-0.39, 0.29) is 6.10 Å². The highest BCUT2D eigenvalue weighted by Crippen LogP contribution is 2.20. The number of ether oxygens (including phenoxy) is 1. The van der Waals surface area contributed by atoms with Crippen molar-refractivity contribution in [2.75, 3.05) is 20.2 Å². The standard InChI is InChI=1S/C14H17N3O3/c1-19-12-4-2-10(3-5-12)14-15-13(20-16-14)9-17-7-6-11(18)8-17/h2-5,11,18H,6-9H2,1H3/t11-/m0/s1. The summed E-state index contributed by atoms with van der Waals surface area (Å²) in [6.07, 6.45) is 0.568. The van der Waals surface area contributed by atoms with Gasteiger partial charge in [-0.3, -0.25) is 4.90 Å². The lowest BCUT2D eigenvalue weighted by molar-refractivity contribution is 0.169. The third-order valence-electron chi connectivity index (χ3n) is 3.42. The highest BCUT2D eigenvalue weighted by atomic mass is 16.5. The molecule has 3 rings (SSSR count). The Labute approximate surface area is 117 Å². The number of β-amino-alcohol motifs (C(OH)–C–C–N with tert-alkyl or cyclic N) is 1. The van der Waals surface area contributed by atoms with Crippen molar-refractivity contribution in [3.63, 3.8) is 0 Å². The molecule has 2 heterocycles. The van der Waals surface area contributed by atoms with Gasteiger partial charge in [-0.15, -0.1) is 0 Å². The molecular weight excluding hydrogens is 258 g/mol. The van der Waals surface area contributed by atoms with Gasteiger partial charge < -0.3 is 14.4 Å². The summed E-state index contributed by atoms with van der Waals surface area (Å²) < 4.78 is 10.4. The van der Waals surface area contributed by atoms with Crippen LogP contribution in [0, 0.1) is 0 Å². The highest BCUT2D eigenvalue weighted by Gasteiger charge is 2.22.